The zero-order valence-electron chi connectivity index (χ0n) is 11.2. The molecule has 20 heavy (non-hydrogen) atoms. The lowest BCUT2D eigenvalue weighted by molar-refractivity contribution is 0.0740. The van der Waals surface area contributed by atoms with Crippen LogP contribution in [-0.4, -0.2) is 61.9 Å². The van der Waals surface area contributed by atoms with Crippen molar-refractivity contribution in [3.63, 3.8) is 0 Å². The van der Waals surface area contributed by atoms with Crippen LogP contribution in [0.3, 0.4) is 0 Å². The van der Waals surface area contributed by atoms with Crippen LogP contribution in [0, 0.1) is 0 Å². The number of hydrogen-bond acceptors (Lipinski definition) is 6. The van der Waals surface area contributed by atoms with E-state index in [4.69, 9.17) is 0 Å². The van der Waals surface area contributed by atoms with Crippen molar-refractivity contribution in [3.8, 4) is 0 Å². The predicted molar refractivity (Wildman–Crippen MR) is 71.2 cm³/mol. The molecule has 2 aromatic heterocycles. The van der Waals surface area contributed by atoms with Gasteiger partial charge in [0, 0.05) is 45.6 Å². The van der Waals surface area contributed by atoms with Gasteiger partial charge in [0.2, 0.25) is 5.95 Å². The molecular weight excluding hydrogens is 258 g/mol. The SMILES string of the molecule is Cn1cc(C(=O)N2CCN(c3ncccn3)CC2)nn1. The maximum atomic E-state index is 12.2. The smallest absolute Gasteiger partial charge is 0.276 e. The van der Waals surface area contributed by atoms with E-state index in [1.54, 1.807) is 36.6 Å². The first-order valence-corrected chi connectivity index (χ1v) is 6.41. The third kappa shape index (κ3) is 2.44. The van der Waals surface area contributed by atoms with Crippen molar-refractivity contribution in [2.75, 3.05) is 31.1 Å². The molecule has 3 heterocycles. The molecule has 104 valence electrons. The molecule has 1 saturated heterocycles. The topological polar surface area (TPSA) is 80.0 Å². The summed E-state index contributed by atoms with van der Waals surface area (Å²) in [6.07, 6.45) is 5.08. The fourth-order valence-corrected chi connectivity index (χ4v) is 2.17. The first kappa shape index (κ1) is 12.5. The van der Waals surface area contributed by atoms with Crippen LogP contribution in [0.15, 0.2) is 24.7 Å². The highest BCUT2D eigenvalue weighted by Gasteiger charge is 2.24. The van der Waals surface area contributed by atoms with E-state index >= 15 is 0 Å². The Bertz CT molecular complexity index is 589. The van der Waals surface area contributed by atoms with Crippen molar-refractivity contribution in [1.82, 2.24) is 29.9 Å². The second-order valence-corrected chi connectivity index (χ2v) is 4.61. The second kappa shape index (κ2) is 5.24. The van der Waals surface area contributed by atoms with Crippen LogP contribution in [0.5, 0.6) is 0 Å². The summed E-state index contributed by atoms with van der Waals surface area (Å²) in [5.74, 6) is 0.630. The Morgan fingerprint density at radius 1 is 1.15 bits per heavy atom. The number of anilines is 1. The minimum atomic E-state index is -0.0771. The summed E-state index contributed by atoms with van der Waals surface area (Å²) in [5, 5.41) is 7.64. The van der Waals surface area contributed by atoms with Crippen LogP contribution in [0.1, 0.15) is 10.5 Å². The van der Waals surface area contributed by atoms with Gasteiger partial charge in [-0.2, -0.15) is 0 Å². The Morgan fingerprint density at radius 3 is 2.45 bits per heavy atom. The van der Waals surface area contributed by atoms with Crippen molar-refractivity contribution in [1.29, 1.82) is 0 Å². The van der Waals surface area contributed by atoms with Crippen LogP contribution < -0.4 is 4.90 Å². The van der Waals surface area contributed by atoms with Crippen LogP contribution in [-0.2, 0) is 7.05 Å². The zero-order valence-corrected chi connectivity index (χ0v) is 11.2. The van der Waals surface area contributed by atoms with Gasteiger partial charge in [0.25, 0.3) is 5.91 Å². The molecule has 0 unspecified atom stereocenters. The second-order valence-electron chi connectivity index (χ2n) is 4.61. The van der Waals surface area contributed by atoms with Gasteiger partial charge in [-0.05, 0) is 6.07 Å². The predicted octanol–water partition coefficient (Wildman–Crippen LogP) is -0.433. The quantitative estimate of drug-likeness (QED) is 0.738. The average Bonchev–Trinajstić information content (AvgIpc) is 2.94. The number of piperazine rings is 1. The van der Waals surface area contributed by atoms with E-state index in [0.29, 0.717) is 24.7 Å². The molecule has 0 N–H and O–H groups in total. The number of aryl methyl sites for hydroxylation is 1. The van der Waals surface area contributed by atoms with E-state index in [-0.39, 0.29) is 5.91 Å². The van der Waals surface area contributed by atoms with Gasteiger partial charge in [0.15, 0.2) is 5.69 Å². The third-order valence-corrected chi connectivity index (χ3v) is 3.22. The fraction of sp³-hybridized carbons (Fsp3) is 0.417. The first-order valence-electron chi connectivity index (χ1n) is 6.41. The number of rotatable bonds is 2. The summed E-state index contributed by atoms with van der Waals surface area (Å²) in [5.41, 5.74) is 0.386. The minimum Gasteiger partial charge on any atom is -0.337 e. The van der Waals surface area contributed by atoms with Crippen molar-refractivity contribution >= 4 is 11.9 Å². The van der Waals surface area contributed by atoms with E-state index in [1.807, 2.05) is 0 Å². The lowest BCUT2D eigenvalue weighted by Crippen LogP contribution is -2.49. The molecule has 8 nitrogen and oxygen atoms in total. The highest BCUT2D eigenvalue weighted by molar-refractivity contribution is 5.92. The number of amides is 1. The lowest BCUT2D eigenvalue weighted by Gasteiger charge is -2.34. The molecule has 0 aromatic carbocycles. The molecule has 1 aliphatic heterocycles. The van der Waals surface area contributed by atoms with Gasteiger partial charge >= 0.3 is 0 Å². The summed E-state index contributed by atoms with van der Waals surface area (Å²) in [7, 11) is 1.74. The molecule has 2 aromatic rings. The molecule has 1 aliphatic rings. The first-order chi connectivity index (χ1) is 9.74. The van der Waals surface area contributed by atoms with Crippen LogP contribution in [0.25, 0.3) is 0 Å². The lowest BCUT2D eigenvalue weighted by atomic mass is 10.3. The van der Waals surface area contributed by atoms with Crippen LogP contribution in [0.4, 0.5) is 5.95 Å². The molecule has 0 bridgehead atoms. The van der Waals surface area contributed by atoms with Crippen molar-refractivity contribution in [2.24, 2.45) is 7.05 Å². The van der Waals surface area contributed by atoms with Crippen molar-refractivity contribution in [2.45, 2.75) is 0 Å². The molecule has 0 atom stereocenters. The summed E-state index contributed by atoms with van der Waals surface area (Å²) >= 11 is 0. The molecule has 0 saturated carbocycles. The summed E-state index contributed by atoms with van der Waals surface area (Å²) < 4.78 is 1.53. The molecule has 0 aliphatic carbocycles. The monoisotopic (exact) mass is 273 g/mol. The van der Waals surface area contributed by atoms with Crippen LogP contribution in [0.2, 0.25) is 0 Å². The van der Waals surface area contributed by atoms with Crippen molar-refractivity contribution < 1.29 is 4.79 Å². The summed E-state index contributed by atoms with van der Waals surface area (Å²) in [6.45, 7) is 2.70. The molecule has 3 rings (SSSR count). The zero-order chi connectivity index (χ0) is 13.9. The van der Waals surface area contributed by atoms with Gasteiger partial charge < -0.3 is 9.80 Å². The number of aromatic nitrogens is 5. The van der Waals surface area contributed by atoms with Gasteiger partial charge in [-0.1, -0.05) is 5.21 Å². The number of carbonyl (C=O) groups excluding carboxylic acids is 1. The van der Waals surface area contributed by atoms with Gasteiger partial charge in [0.1, 0.15) is 0 Å². The molecule has 0 radical (unpaired) electrons. The van der Waals surface area contributed by atoms with E-state index in [0.717, 1.165) is 13.1 Å². The maximum absolute atomic E-state index is 12.2. The van der Waals surface area contributed by atoms with Gasteiger partial charge in [-0.25, -0.2) is 9.97 Å². The van der Waals surface area contributed by atoms with Gasteiger partial charge in [0.05, 0.1) is 6.20 Å². The Morgan fingerprint density at radius 2 is 1.85 bits per heavy atom. The Balaban J connectivity index is 1.63. The number of carbonyl (C=O) groups is 1. The van der Waals surface area contributed by atoms with Gasteiger partial charge in [-0.3, -0.25) is 9.48 Å². The summed E-state index contributed by atoms with van der Waals surface area (Å²) in [6, 6.07) is 1.79. The normalized spacial score (nSPS) is 15.4. The highest BCUT2D eigenvalue weighted by Crippen LogP contribution is 2.11. The third-order valence-electron chi connectivity index (χ3n) is 3.22. The van der Waals surface area contributed by atoms with Crippen molar-refractivity contribution in [3.05, 3.63) is 30.4 Å². The summed E-state index contributed by atoms with van der Waals surface area (Å²) in [4.78, 5) is 24.5. The average molecular weight is 273 g/mol. The molecule has 1 amide bonds. The Kier molecular flexibility index (Phi) is 3.28. The standard InChI is InChI=1S/C12H15N7O/c1-17-9-10(15-16-17)11(20)18-5-7-19(8-6-18)12-13-3-2-4-14-12/h2-4,9H,5-8H2,1H3. The van der Waals surface area contributed by atoms with E-state index in [1.165, 1.54) is 4.68 Å². The van der Waals surface area contributed by atoms with E-state index in [9.17, 15) is 4.79 Å². The minimum absolute atomic E-state index is 0.0771. The van der Waals surface area contributed by atoms with Crippen LogP contribution >= 0.6 is 0 Å². The largest absolute Gasteiger partial charge is 0.337 e. The Hall–Kier alpha value is -2.51. The number of nitrogens with zero attached hydrogens (tertiary/aromatic N) is 7. The number of hydrogen-bond donors (Lipinski definition) is 0. The fourth-order valence-electron chi connectivity index (χ4n) is 2.17. The molecule has 0 spiro atoms. The van der Waals surface area contributed by atoms with Gasteiger partial charge in [-0.15, -0.1) is 5.10 Å². The molecule has 1 fully saturated rings. The van der Waals surface area contributed by atoms with E-state index < -0.39 is 0 Å². The Labute approximate surface area is 116 Å². The van der Waals surface area contributed by atoms with E-state index in [2.05, 4.69) is 25.2 Å². The molecule has 8 heteroatoms. The highest BCUT2D eigenvalue weighted by atomic mass is 16.2. The molecular formula is C12H15N7O. The maximum Gasteiger partial charge on any atom is 0.276 e.